The van der Waals surface area contributed by atoms with Crippen LogP contribution >= 0.6 is 0 Å². The van der Waals surface area contributed by atoms with Crippen LogP contribution in [0.15, 0.2) is 30.8 Å². The summed E-state index contributed by atoms with van der Waals surface area (Å²) in [6, 6.07) is 6.26. The van der Waals surface area contributed by atoms with Crippen molar-refractivity contribution in [2.45, 2.75) is 0 Å². The van der Waals surface area contributed by atoms with Crippen LogP contribution < -0.4 is 5.73 Å². The molecule has 1 rings (SSSR count). The third-order valence-electron chi connectivity index (χ3n) is 1.48. The van der Waals surface area contributed by atoms with Crippen LogP contribution in [0.4, 0.5) is 4.39 Å². The number of hydrogen-bond acceptors (Lipinski definition) is 1. The Morgan fingerprint density at radius 3 is 2.82 bits per heavy atom. The zero-order valence-corrected chi connectivity index (χ0v) is 6.18. The van der Waals surface area contributed by atoms with Crippen molar-refractivity contribution >= 4 is 5.57 Å². The van der Waals surface area contributed by atoms with E-state index in [2.05, 4.69) is 6.58 Å². The van der Waals surface area contributed by atoms with Crippen LogP contribution in [-0.2, 0) is 0 Å². The van der Waals surface area contributed by atoms with Gasteiger partial charge in [0.05, 0.1) is 0 Å². The predicted molar refractivity (Wildman–Crippen MR) is 44.5 cm³/mol. The van der Waals surface area contributed by atoms with Crippen LogP contribution in [0.2, 0.25) is 0 Å². The highest BCUT2D eigenvalue weighted by molar-refractivity contribution is 5.64. The quantitative estimate of drug-likeness (QED) is 0.685. The molecule has 2 heteroatoms. The molecule has 0 saturated heterocycles. The topological polar surface area (TPSA) is 26.0 Å². The molecule has 0 bridgehead atoms. The van der Waals surface area contributed by atoms with Crippen LogP contribution in [0, 0.1) is 5.82 Å². The minimum absolute atomic E-state index is 0.253. The zero-order chi connectivity index (χ0) is 8.27. The van der Waals surface area contributed by atoms with Gasteiger partial charge in [-0.1, -0.05) is 18.7 Å². The van der Waals surface area contributed by atoms with Crippen LogP contribution in [0.5, 0.6) is 0 Å². The smallest absolute Gasteiger partial charge is 0.123 e. The molecule has 0 radical (unpaired) electrons. The van der Waals surface area contributed by atoms with Crippen LogP contribution in [0.3, 0.4) is 0 Å². The lowest BCUT2D eigenvalue weighted by Gasteiger charge is -2.00. The zero-order valence-electron chi connectivity index (χ0n) is 6.18. The van der Waals surface area contributed by atoms with E-state index in [-0.39, 0.29) is 5.82 Å². The van der Waals surface area contributed by atoms with E-state index in [4.69, 9.17) is 5.73 Å². The van der Waals surface area contributed by atoms with E-state index in [0.29, 0.717) is 6.54 Å². The summed E-state index contributed by atoms with van der Waals surface area (Å²) in [7, 11) is 0. The third-order valence-corrected chi connectivity index (χ3v) is 1.48. The van der Waals surface area contributed by atoms with E-state index in [1.807, 2.05) is 0 Å². The first-order chi connectivity index (χ1) is 5.24. The normalized spacial score (nSPS) is 9.64. The highest BCUT2D eigenvalue weighted by Crippen LogP contribution is 2.11. The predicted octanol–water partition coefficient (Wildman–Crippen LogP) is 1.80. The molecule has 0 saturated carbocycles. The van der Waals surface area contributed by atoms with Crippen molar-refractivity contribution in [3.63, 3.8) is 0 Å². The molecule has 0 aliphatic heterocycles. The van der Waals surface area contributed by atoms with Crippen molar-refractivity contribution in [1.82, 2.24) is 0 Å². The van der Waals surface area contributed by atoms with Crippen molar-refractivity contribution in [3.05, 3.63) is 42.2 Å². The fraction of sp³-hybridized carbons (Fsp3) is 0.111. The molecule has 1 aromatic rings. The van der Waals surface area contributed by atoms with E-state index < -0.39 is 0 Å². The summed E-state index contributed by atoms with van der Waals surface area (Å²) < 4.78 is 12.6. The number of benzene rings is 1. The standard InChI is InChI=1S/C9H10FN/c1-7(6-11)8-3-2-4-9(10)5-8/h2-5H,1,6,11H2. The highest BCUT2D eigenvalue weighted by Gasteiger charge is 1.96. The molecule has 0 spiro atoms. The fourth-order valence-corrected chi connectivity index (χ4v) is 0.826. The van der Waals surface area contributed by atoms with Gasteiger partial charge >= 0.3 is 0 Å². The van der Waals surface area contributed by atoms with Gasteiger partial charge in [-0.2, -0.15) is 0 Å². The van der Waals surface area contributed by atoms with Crippen LogP contribution in [0.1, 0.15) is 5.56 Å². The lowest BCUT2D eigenvalue weighted by atomic mass is 10.1. The molecule has 0 aliphatic rings. The highest BCUT2D eigenvalue weighted by atomic mass is 19.1. The van der Waals surface area contributed by atoms with Crippen LogP contribution in [0.25, 0.3) is 5.57 Å². The molecule has 0 heterocycles. The molecular weight excluding hydrogens is 141 g/mol. The maximum absolute atomic E-state index is 12.6. The Morgan fingerprint density at radius 1 is 1.55 bits per heavy atom. The second-order valence-corrected chi connectivity index (χ2v) is 2.32. The first kappa shape index (κ1) is 7.95. The molecule has 0 fully saturated rings. The Labute approximate surface area is 65.3 Å². The molecular formula is C9H10FN. The van der Waals surface area contributed by atoms with E-state index in [1.54, 1.807) is 12.1 Å². The molecule has 58 valence electrons. The number of nitrogens with two attached hydrogens (primary N) is 1. The number of hydrogen-bond donors (Lipinski definition) is 1. The van der Waals surface area contributed by atoms with Gasteiger partial charge < -0.3 is 5.73 Å². The van der Waals surface area contributed by atoms with Gasteiger partial charge in [-0.15, -0.1) is 0 Å². The molecule has 1 nitrogen and oxygen atoms in total. The minimum atomic E-state index is -0.253. The van der Waals surface area contributed by atoms with E-state index in [0.717, 1.165) is 11.1 Å². The van der Waals surface area contributed by atoms with Crippen molar-refractivity contribution in [2.24, 2.45) is 5.73 Å². The monoisotopic (exact) mass is 151 g/mol. The Hall–Kier alpha value is -1.15. The van der Waals surface area contributed by atoms with Gasteiger partial charge in [-0.3, -0.25) is 0 Å². The summed E-state index contributed by atoms with van der Waals surface area (Å²) in [4.78, 5) is 0. The maximum atomic E-state index is 12.6. The summed E-state index contributed by atoms with van der Waals surface area (Å²) in [5.74, 6) is -0.253. The summed E-state index contributed by atoms with van der Waals surface area (Å²) in [6.07, 6.45) is 0. The molecule has 2 N–H and O–H groups in total. The second-order valence-electron chi connectivity index (χ2n) is 2.32. The summed E-state index contributed by atoms with van der Waals surface area (Å²) >= 11 is 0. The van der Waals surface area contributed by atoms with Crippen molar-refractivity contribution in [2.75, 3.05) is 6.54 Å². The Balaban J connectivity index is 2.96. The Kier molecular flexibility index (Phi) is 2.39. The molecule has 11 heavy (non-hydrogen) atoms. The molecule has 0 aliphatic carbocycles. The lowest BCUT2D eigenvalue weighted by Crippen LogP contribution is -2.00. The summed E-state index contributed by atoms with van der Waals surface area (Å²) in [5, 5.41) is 0. The average molecular weight is 151 g/mol. The van der Waals surface area contributed by atoms with E-state index >= 15 is 0 Å². The van der Waals surface area contributed by atoms with Gasteiger partial charge in [0.2, 0.25) is 0 Å². The number of halogens is 1. The van der Waals surface area contributed by atoms with Gasteiger partial charge in [-0.05, 0) is 23.3 Å². The van der Waals surface area contributed by atoms with Crippen molar-refractivity contribution in [1.29, 1.82) is 0 Å². The molecule has 0 aromatic heterocycles. The Bertz CT molecular complexity index is 268. The van der Waals surface area contributed by atoms with Gasteiger partial charge in [-0.25, -0.2) is 4.39 Å². The summed E-state index contributed by atoms with van der Waals surface area (Å²) in [6.45, 7) is 4.06. The van der Waals surface area contributed by atoms with Crippen molar-refractivity contribution < 1.29 is 4.39 Å². The Morgan fingerprint density at radius 2 is 2.27 bits per heavy atom. The van der Waals surface area contributed by atoms with E-state index in [1.165, 1.54) is 12.1 Å². The first-order valence-electron chi connectivity index (χ1n) is 3.38. The van der Waals surface area contributed by atoms with Gasteiger partial charge in [0.1, 0.15) is 5.82 Å². The number of rotatable bonds is 2. The largest absolute Gasteiger partial charge is 0.326 e. The van der Waals surface area contributed by atoms with E-state index in [9.17, 15) is 4.39 Å². The second kappa shape index (κ2) is 3.30. The molecule has 1 aromatic carbocycles. The van der Waals surface area contributed by atoms with Crippen molar-refractivity contribution in [3.8, 4) is 0 Å². The minimum Gasteiger partial charge on any atom is -0.326 e. The van der Waals surface area contributed by atoms with Crippen LogP contribution in [-0.4, -0.2) is 6.54 Å². The third kappa shape index (κ3) is 1.88. The SMILES string of the molecule is C=C(CN)c1cccc(F)c1. The summed E-state index contributed by atoms with van der Waals surface area (Å²) in [5.41, 5.74) is 6.86. The lowest BCUT2D eigenvalue weighted by molar-refractivity contribution is 0.627. The fourth-order valence-electron chi connectivity index (χ4n) is 0.826. The average Bonchev–Trinajstić information content (AvgIpc) is 2.03. The molecule has 0 atom stereocenters. The van der Waals surface area contributed by atoms with Gasteiger partial charge in [0.25, 0.3) is 0 Å². The first-order valence-corrected chi connectivity index (χ1v) is 3.38. The van der Waals surface area contributed by atoms with Gasteiger partial charge in [0, 0.05) is 6.54 Å². The van der Waals surface area contributed by atoms with Gasteiger partial charge in [0.15, 0.2) is 0 Å². The molecule has 0 unspecified atom stereocenters. The maximum Gasteiger partial charge on any atom is 0.123 e. The molecule has 0 amide bonds.